The summed E-state index contributed by atoms with van der Waals surface area (Å²) in [5.41, 5.74) is 10.4. The minimum Gasteiger partial charge on any atom is -0.398 e. The number of anilines is 3. The standard InChI is InChI=1S/C21H16N2O2/c1-12-6-8-13(9-7-12)23-17-11-10-16(22)18-19(17)21(25)15-5-3-2-4-14(15)20(18)24/h2-11,23H,22H2,1H3. The van der Waals surface area contributed by atoms with E-state index in [0.29, 0.717) is 28.1 Å². The summed E-state index contributed by atoms with van der Waals surface area (Å²) in [4.78, 5) is 25.9. The van der Waals surface area contributed by atoms with Crippen molar-refractivity contribution in [3.63, 3.8) is 0 Å². The van der Waals surface area contributed by atoms with Gasteiger partial charge >= 0.3 is 0 Å². The van der Waals surface area contributed by atoms with Crippen molar-refractivity contribution in [3.05, 3.63) is 88.5 Å². The average molecular weight is 328 g/mol. The molecule has 0 spiro atoms. The Kier molecular flexibility index (Phi) is 3.39. The van der Waals surface area contributed by atoms with Gasteiger partial charge in [0.2, 0.25) is 0 Å². The largest absolute Gasteiger partial charge is 0.398 e. The highest BCUT2D eigenvalue weighted by molar-refractivity contribution is 6.31. The summed E-state index contributed by atoms with van der Waals surface area (Å²) in [6, 6.07) is 18.1. The van der Waals surface area contributed by atoms with Gasteiger partial charge in [-0.15, -0.1) is 0 Å². The smallest absolute Gasteiger partial charge is 0.196 e. The van der Waals surface area contributed by atoms with Gasteiger partial charge in [0, 0.05) is 22.5 Å². The first-order valence-electron chi connectivity index (χ1n) is 8.01. The molecule has 4 heteroatoms. The van der Waals surface area contributed by atoms with Crippen molar-refractivity contribution in [2.24, 2.45) is 0 Å². The Bertz CT molecular complexity index is 1020. The zero-order chi connectivity index (χ0) is 17.6. The number of carbonyl (C=O) groups excluding carboxylic acids is 2. The van der Waals surface area contributed by atoms with Crippen LogP contribution in [0, 0.1) is 6.92 Å². The van der Waals surface area contributed by atoms with Crippen molar-refractivity contribution in [3.8, 4) is 0 Å². The maximum absolute atomic E-state index is 13.0. The van der Waals surface area contributed by atoms with E-state index in [-0.39, 0.29) is 17.1 Å². The fraction of sp³-hybridized carbons (Fsp3) is 0.0476. The van der Waals surface area contributed by atoms with Crippen LogP contribution in [-0.2, 0) is 0 Å². The van der Waals surface area contributed by atoms with Crippen molar-refractivity contribution in [1.82, 2.24) is 0 Å². The van der Waals surface area contributed by atoms with Crippen molar-refractivity contribution in [2.75, 3.05) is 11.1 Å². The molecule has 4 rings (SSSR count). The molecule has 122 valence electrons. The van der Waals surface area contributed by atoms with Gasteiger partial charge in [0.1, 0.15) is 0 Å². The number of hydrogen-bond acceptors (Lipinski definition) is 4. The van der Waals surface area contributed by atoms with Gasteiger partial charge in [-0.2, -0.15) is 0 Å². The van der Waals surface area contributed by atoms with Gasteiger partial charge in [0.25, 0.3) is 0 Å². The van der Waals surface area contributed by atoms with Gasteiger partial charge in [0.05, 0.1) is 16.8 Å². The van der Waals surface area contributed by atoms with E-state index in [4.69, 9.17) is 5.73 Å². The van der Waals surface area contributed by atoms with Crippen LogP contribution in [0.4, 0.5) is 17.1 Å². The number of aryl methyl sites for hydroxylation is 1. The number of fused-ring (bicyclic) bond motifs is 2. The van der Waals surface area contributed by atoms with Crippen molar-refractivity contribution < 1.29 is 9.59 Å². The van der Waals surface area contributed by atoms with Crippen LogP contribution in [0.15, 0.2) is 60.7 Å². The minimum absolute atomic E-state index is 0.188. The monoisotopic (exact) mass is 328 g/mol. The molecule has 0 radical (unpaired) electrons. The Morgan fingerprint density at radius 2 is 1.36 bits per heavy atom. The predicted molar refractivity (Wildman–Crippen MR) is 98.6 cm³/mol. The van der Waals surface area contributed by atoms with Crippen molar-refractivity contribution in [1.29, 1.82) is 0 Å². The lowest BCUT2D eigenvalue weighted by molar-refractivity contribution is 0.0980. The van der Waals surface area contributed by atoms with E-state index in [1.165, 1.54) is 0 Å². The normalized spacial score (nSPS) is 12.5. The highest BCUT2D eigenvalue weighted by atomic mass is 16.1. The van der Waals surface area contributed by atoms with Crippen LogP contribution in [0.1, 0.15) is 37.4 Å². The third kappa shape index (κ3) is 2.39. The number of carbonyl (C=O) groups is 2. The topological polar surface area (TPSA) is 72.2 Å². The van der Waals surface area contributed by atoms with E-state index in [1.54, 1.807) is 36.4 Å². The predicted octanol–water partition coefficient (Wildman–Crippen LogP) is 4.10. The SMILES string of the molecule is Cc1ccc(Nc2ccc(N)c3c2C(=O)c2ccccc2C3=O)cc1. The number of rotatable bonds is 2. The first-order valence-corrected chi connectivity index (χ1v) is 8.01. The van der Waals surface area contributed by atoms with E-state index in [0.717, 1.165) is 11.3 Å². The Balaban J connectivity index is 1.88. The maximum Gasteiger partial charge on any atom is 0.196 e. The van der Waals surface area contributed by atoms with E-state index in [9.17, 15) is 9.59 Å². The summed E-state index contributed by atoms with van der Waals surface area (Å²) in [5.74, 6) is -0.401. The first-order chi connectivity index (χ1) is 12.1. The number of hydrogen-bond donors (Lipinski definition) is 2. The van der Waals surface area contributed by atoms with Crippen LogP contribution >= 0.6 is 0 Å². The molecule has 0 saturated carbocycles. The molecule has 0 bridgehead atoms. The van der Waals surface area contributed by atoms with Gasteiger partial charge in [0.15, 0.2) is 11.6 Å². The summed E-state index contributed by atoms with van der Waals surface area (Å²) in [6.45, 7) is 2.01. The van der Waals surface area contributed by atoms with E-state index >= 15 is 0 Å². The molecule has 1 aliphatic rings. The second kappa shape index (κ2) is 5.60. The van der Waals surface area contributed by atoms with E-state index < -0.39 is 0 Å². The van der Waals surface area contributed by atoms with Crippen molar-refractivity contribution in [2.45, 2.75) is 6.92 Å². The highest BCUT2D eigenvalue weighted by Crippen LogP contribution is 2.36. The molecule has 0 heterocycles. The molecule has 0 atom stereocenters. The van der Waals surface area contributed by atoms with Crippen molar-refractivity contribution >= 4 is 28.6 Å². The van der Waals surface area contributed by atoms with Crippen LogP contribution in [0.2, 0.25) is 0 Å². The fourth-order valence-corrected chi connectivity index (χ4v) is 3.14. The molecule has 0 saturated heterocycles. The Hall–Kier alpha value is -3.40. The Morgan fingerprint density at radius 3 is 2.00 bits per heavy atom. The third-order valence-corrected chi connectivity index (χ3v) is 4.44. The second-order valence-corrected chi connectivity index (χ2v) is 6.15. The summed E-state index contributed by atoms with van der Waals surface area (Å²) in [7, 11) is 0. The second-order valence-electron chi connectivity index (χ2n) is 6.15. The Morgan fingerprint density at radius 1 is 0.760 bits per heavy atom. The van der Waals surface area contributed by atoms with Crippen LogP contribution in [0.3, 0.4) is 0 Å². The minimum atomic E-state index is -0.213. The fourth-order valence-electron chi connectivity index (χ4n) is 3.14. The molecule has 1 aliphatic carbocycles. The molecule has 25 heavy (non-hydrogen) atoms. The van der Waals surface area contributed by atoms with Gasteiger partial charge in [-0.05, 0) is 31.2 Å². The van der Waals surface area contributed by atoms with Gasteiger partial charge in [-0.1, -0.05) is 42.0 Å². The first kappa shape index (κ1) is 15.1. The number of ketones is 2. The summed E-state index contributed by atoms with van der Waals surface area (Å²) < 4.78 is 0. The molecule has 0 unspecified atom stereocenters. The third-order valence-electron chi connectivity index (χ3n) is 4.44. The highest BCUT2D eigenvalue weighted by Gasteiger charge is 2.33. The number of nitrogens with two attached hydrogens (primary N) is 1. The quantitative estimate of drug-likeness (QED) is 0.544. The number of nitrogen functional groups attached to an aromatic ring is 1. The van der Waals surface area contributed by atoms with Gasteiger partial charge < -0.3 is 11.1 Å². The van der Waals surface area contributed by atoms with Crippen LogP contribution in [0.25, 0.3) is 0 Å². The van der Waals surface area contributed by atoms with E-state index in [1.807, 2.05) is 31.2 Å². The molecule has 0 aliphatic heterocycles. The lowest BCUT2D eigenvalue weighted by Crippen LogP contribution is -2.23. The molecular weight excluding hydrogens is 312 g/mol. The van der Waals surface area contributed by atoms with Crippen LogP contribution in [0.5, 0.6) is 0 Å². The lowest BCUT2D eigenvalue weighted by atomic mass is 9.82. The molecule has 0 fully saturated rings. The van der Waals surface area contributed by atoms with Gasteiger partial charge in [-0.25, -0.2) is 0 Å². The molecule has 4 nitrogen and oxygen atoms in total. The van der Waals surface area contributed by atoms with Gasteiger partial charge in [-0.3, -0.25) is 9.59 Å². The lowest BCUT2D eigenvalue weighted by Gasteiger charge is -2.22. The molecule has 0 amide bonds. The summed E-state index contributed by atoms with van der Waals surface area (Å²) in [5, 5.41) is 3.24. The average Bonchev–Trinajstić information content (AvgIpc) is 2.63. The zero-order valence-electron chi connectivity index (χ0n) is 13.7. The Labute approximate surface area is 145 Å². The molecule has 3 aromatic rings. The number of benzene rings is 3. The van der Waals surface area contributed by atoms with Crippen LogP contribution in [-0.4, -0.2) is 11.6 Å². The van der Waals surface area contributed by atoms with Crippen LogP contribution < -0.4 is 11.1 Å². The summed E-state index contributed by atoms with van der Waals surface area (Å²) in [6.07, 6.45) is 0. The molecule has 0 aromatic heterocycles. The number of nitrogens with one attached hydrogen (secondary N) is 1. The zero-order valence-corrected chi connectivity index (χ0v) is 13.7. The summed E-state index contributed by atoms with van der Waals surface area (Å²) >= 11 is 0. The molecular formula is C21H16N2O2. The van der Waals surface area contributed by atoms with E-state index in [2.05, 4.69) is 5.32 Å². The molecule has 3 N–H and O–H groups in total. The maximum atomic E-state index is 13.0. The molecule has 3 aromatic carbocycles.